The predicted molar refractivity (Wildman–Crippen MR) is 82.5 cm³/mol. The van der Waals surface area contributed by atoms with Gasteiger partial charge in [0.05, 0.1) is 12.2 Å². The van der Waals surface area contributed by atoms with E-state index in [1.807, 2.05) is 37.3 Å². The first kappa shape index (κ1) is 15.8. The predicted octanol–water partition coefficient (Wildman–Crippen LogP) is 2.07. The van der Waals surface area contributed by atoms with E-state index >= 15 is 0 Å². The first-order chi connectivity index (χ1) is 9.13. The Kier molecular flexibility index (Phi) is 5.34. The van der Waals surface area contributed by atoms with Gasteiger partial charge in [-0.2, -0.15) is 4.99 Å². The zero-order valence-electron chi connectivity index (χ0n) is 11.0. The number of benzene rings is 2. The summed E-state index contributed by atoms with van der Waals surface area (Å²) in [5, 5.41) is 1.70. The van der Waals surface area contributed by atoms with Gasteiger partial charge in [-0.05, 0) is 23.8 Å². The molecule has 0 aromatic heterocycles. The summed E-state index contributed by atoms with van der Waals surface area (Å²) in [6, 6.07) is 11.2. The number of ether oxygens (including phenoxy) is 1. The van der Waals surface area contributed by atoms with E-state index in [0.717, 1.165) is 10.8 Å². The number of aliphatic imine (C=N–C) groups is 1. The van der Waals surface area contributed by atoms with Crippen molar-refractivity contribution in [2.45, 2.75) is 6.92 Å². The fraction of sp³-hybridized carbons (Fsp3) is 0.143. The molecule has 5 nitrogen and oxygen atoms in total. The minimum Gasteiger partial charge on any atom is -0.493 e. The quantitative estimate of drug-likeness (QED) is 0.669. The number of nitrogens with two attached hydrogens (primary N) is 2. The average molecular weight is 294 g/mol. The van der Waals surface area contributed by atoms with E-state index in [-0.39, 0.29) is 18.4 Å². The molecule has 2 rings (SSSR count). The Balaban J connectivity index is 0.00000200. The highest BCUT2D eigenvalue weighted by Crippen LogP contribution is 2.28. The lowest BCUT2D eigenvalue weighted by Gasteiger charge is -2.10. The normalized spacial score (nSPS) is 9.65. The number of fused-ring (bicyclic) bond motifs is 1. The SMILES string of the molecule is CCOc1ccc2ccccc2c1C(=O)N=C(N)N.Cl. The number of nitrogens with zero attached hydrogens (tertiary/aromatic N) is 1. The molecule has 0 fully saturated rings. The molecule has 0 aliphatic heterocycles. The third-order valence-electron chi connectivity index (χ3n) is 2.64. The lowest BCUT2D eigenvalue weighted by molar-refractivity contribution is 0.100. The largest absolute Gasteiger partial charge is 0.493 e. The summed E-state index contributed by atoms with van der Waals surface area (Å²) in [5.74, 6) is -0.281. The Morgan fingerprint density at radius 1 is 1.20 bits per heavy atom. The Bertz CT molecular complexity index is 652. The summed E-state index contributed by atoms with van der Waals surface area (Å²) in [5.41, 5.74) is 10.9. The van der Waals surface area contributed by atoms with Crippen LogP contribution in [0.25, 0.3) is 10.8 Å². The summed E-state index contributed by atoms with van der Waals surface area (Å²) in [6.07, 6.45) is 0. The molecule has 0 atom stereocenters. The maximum absolute atomic E-state index is 12.1. The van der Waals surface area contributed by atoms with Crippen molar-refractivity contribution in [2.24, 2.45) is 16.5 Å². The molecule has 106 valence electrons. The van der Waals surface area contributed by atoms with Gasteiger partial charge < -0.3 is 16.2 Å². The van der Waals surface area contributed by atoms with Crippen LogP contribution in [0.2, 0.25) is 0 Å². The molecule has 20 heavy (non-hydrogen) atoms. The molecule has 2 aromatic rings. The molecule has 0 aliphatic carbocycles. The summed E-state index contributed by atoms with van der Waals surface area (Å²) in [6.45, 7) is 2.31. The second-order valence-electron chi connectivity index (χ2n) is 3.93. The standard InChI is InChI=1S/C14H15N3O2.ClH/c1-2-19-11-8-7-9-5-3-4-6-10(9)12(11)13(18)17-14(15)16;/h3-8H,2H2,1H3,(H4,15,16,17,18);1H. The van der Waals surface area contributed by atoms with Crippen LogP contribution in [0.3, 0.4) is 0 Å². The third-order valence-corrected chi connectivity index (χ3v) is 2.64. The van der Waals surface area contributed by atoms with Gasteiger partial charge in [-0.1, -0.05) is 30.3 Å². The molecule has 1 amide bonds. The fourth-order valence-electron chi connectivity index (χ4n) is 1.92. The maximum atomic E-state index is 12.1. The first-order valence-corrected chi connectivity index (χ1v) is 5.92. The smallest absolute Gasteiger partial charge is 0.284 e. The third kappa shape index (κ3) is 3.19. The molecule has 0 unspecified atom stereocenters. The summed E-state index contributed by atoms with van der Waals surface area (Å²) < 4.78 is 5.48. The van der Waals surface area contributed by atoms with Gasteiger partial charge in [-0.15, -0.1) is 12.4 Å². The zero-order chi connectivity index (χ0) is 13.8. The van der Waals surface area contributed by atoms with E-state index in [9.17, 15) is 4.79 Å². The van der Waals surface area contributed by atoms with Gasteiger partial charge in [0, 0.05) is 0 Å². The van der Waals surface area contributed by atoms with Crippen LogP contribution < -0.4 is 16.2 Å². The molecule has 6 heteroatoms. The molecule has 2 aromatic carbocycles. The van der Waals surface area contributed by atoms with Gasteiger partial charge in [-0.3, -0.25) is 4.79 Å². The van der Waals surface area contributed by atoms with Crippen molar-refractivity contribution >= 4 is 35.0 Å². The van der Waals surface area contributed by atoms with Gasteiger partial charge in [0.2, 0.25) is 0 Å². The van der Waals surface area contributed by atoms with Crippen LogP contribution >= 0.6 is 12.4 Å². The molecule has 0 spiro atoms. The van der Waals surface area contributed by atoms with Gasteiger partial charge in [0.15, 0.2) is 5.96 Å². The summed E-state index contributed by atoms with van der Waals surface area (Å²) in [4.78, 5) is 15.7. The van der Waals surface area contributed by atoms with E-state index in [0.29, 0.717) is 17.9 Å². The zero-order valence-corrected chi connectivity index (χ0v) is 11.8. The van der Waals surface area contributed by atoms with Crippen LogP contribution in [0, 0.1) is 0 Å². The number of guanidine groups is 1. The average Bonchev–Trinajstić information content (AvgIpc) is 2.37. The molecule has 0 saturated heterocycles. The van der Waals surface area contributed by atoms with Crippen LogP contribution in [-0.2, 0) is 0 Å². The van der Waals surface area contributed by atoms with Crippen LogP contribution in [0.1, 0.15) is 17.3 Å². The van der Waals surface area contributed by atoms with E-state index in [1.165, 1.54) is 0 Å². The Labute approximate surface area is 123 Å². The van der Waals surface area contributed by atoms with E-state index in [1.54, 1.807) is 6.07 Å². The molecule has 0 saturated carbocycles. The van der Waals surface area contributed by atoms with Gasteiger partial charge in [-0.25, -0.2) is 0 Å². The molecule has 0 heterocycles. The van der Waals surface area contributed by atoms with Gasteiger partial charge in [0.25, 0.3) is 5.91 Å². The monoisotopic (exact) mass is 293 g/mol. The van der Waals surface area contributed by atoms with E-state index in [4.69, 9.17) is 16.2 Å². The number of halogens is 1. The second-order valence-corrected chi connectivity index (χ2v) is 3.93. The highest BCUT2D eigenvalue weighted by Gasteiger charge is 2.16. The number of amides is 1. The fourth-order valence-corrected chi connectivity index (χ4v) is 1.92. The molecular weight excluding hydrogens is 278 g/mol. The molecule has 0 radical (unpaired) electrons. The molecule has 0 bridgehead atoms. The Morgan fingerprint density at radius 2 is 1.90 bits per heavy atom. The Morgan fingerprint density at radius 3 is 2.55 bits per heavy atom. The van der Waals surface area contributed by atoms with E-state index < -0.39 is 5.91 Å². The number of rotatable bonds is 3. The summed E-state index contributed by atoms with van der Waals surface area (Å²) >= 11 is 0. The lowest BCUT2D eigenvalue weighted by atomic mass is 10.0. The minimum atomic E-state index is -0.500. The number of hydrogen-bond donors (Lipinski definition) is 2. The van der Waals surface area contributed by atoms with Crippen LogP contribution in [-0.4, -0.2) is 18.5 Å². The van der Waals surface area contributed by atoms with Gasteiger partial charge >= 0.3 is 0 Å². The van der Waals surface area contributed by atoms with Crippen molar-refractivity contribution in [2.75, 3.05) is 6.61 Å². The number of hydrogen-bond acceptors (Lipinski definition) is 2. The van der Waals surface area contributed by atoms with Gasteiger partial charge in [0.1, 0.15) is 5.75 Å². The maximum Gasteiger partial charge on any atom is 0.284 e. The van der Waals surface area contributed by atoms with Crippen molar-refractivity contribution < 1.29 is 9.53 Å². The van der Waals surface area contributed by atoms with Crippen molar-refractivity contribution in [3.63, 3.8) is 0 Å². The van der Waals surface area contributed by atoms with Crippen LogP contribution in [0.15, 0.2) is 41.4 Å². The van der Waals surface area contributed by atoms with E-state index in [2.05, 4.69) is 4.99 Å². The Hall–Kier alpha value is -2.27. The molecule has 0 aliphatic rings. The number of carbonyl (C=O) groups excluding carboxylic acids is 1. The topological polar surface area (TPSA) is 90.7 Å². The highest BCUT2D eigenvalue weighted by atomic mass is 35.5. The highest BCUT2D eigenvalue weighted by molar-refractivity contribution is 6.12. The minimum absolute atomic E-state index is 0. The summed E-state index contributed by atoms with van der Waals surface area (Å²) in [7, 11) is 0. The second kappa shape index (κ2) is 6.77. The first-order valence-electron chi connectivity index (χ1n) is 5.92. The lowest BCUT2D eigenvalue weighted by Crippen LogP contribution is -2.24. The molecular formula is C14H16ClN3O2. The number of carbonyl (C=O) groups is 1. The van der Waals surface area contributed by atoms with Crippen molar-refractivity contribution in [1.82, 2.24) is 0 Å². The molecule has 4 N–H and O–H groups in total. The van der Waals surface area contributed by atoms with Crippen molar-refractivity contribution in [1.29, 1.82) is 0 Å². The van der Waals surface area contributed by atoms with Crippen LogP contribution in [0.5, 0.6) is 5.75 Å². The van der Waals surface area contributed by atoms with Crippen molar-refractivity contribution in [3.05, 3.63) is 42.0 Å². The van der Waals surface area contributed by atoms with Crippen LogP contribution in [0.4, 0.5) is 0 Å². The van der Waals surface area contributed by atoms with Crippen molar-refractivity contribution in [3.8, 4) is 5.75 Å².